The van der Waals surface area contributed by atoms with E-state index in [1.807, 2.05) is 36.4 Å². The summed E-state index contributed by atoms with van der Waals surface area (Å²) in [5.41, 5.74) is 4.24. The van der Waals surface area contributed by atoms with E-state index in [1.165, 1.54) is 0 Å². The van der Waals surface area contributed by atoms with Crippen molar-refractivity contribution < 1.29 is 8.42 Å². The number of nitrogens with one attached hydrogen (secondary N) is 1. The normalized spacial score (nSPS) is 12.9. The van der Waals surface area contributed by atoms with E-state index in [2.05, 4.69) is 42.3 Å². The summed E-state index contributed by atoms with van der Waals surface area (Å²) in [6.45, 7) is 6.48. The van der Waals surface area contributed by atoms with Crippen LogP contribution < -0.4 is 4.72 Å². The highest BCUT2D eigenvalue weighted by molar-refractivity contribution is 7.92. The van der Waals surface area contributed by atoms with Crippen molar-refractivity contribution in [3.63, 3.8) is 0 Å². The molecule has 27 heavy (non-hydrogen) atoms. The van der Waals surface area contributed by atoms with Crippen LogP contribution in [0.25, 0.3) is 22.0 Å². The van der Waals surface area contributed by atoms with Crippen LogP contribution in [0.1, 0.15) is 32.4 Å². The van der Waals surface area contributed by atoms with Crippen LogP contribution >= 0.6 is 0 Å². The van der Waals surface area contributed by atoms with Gasteiger partial charge in [0.1, 0.15) is 0 Å². The number of aromatic nitrogens is 1. The summed E-state index contributed by atoms with van der Waals surface area (Å²) in [4.78, 5) is 0. The zero-order valence-electron chi connectivity index (χ0n) is 15.9. The molecule has 1 atom stereocenters. The van der Waals surface area contributed by atoms with E-state index >= 15 is 0 Å². The molecule has 1 aromatic heterocycles. The Hall–Kier alpha value is -2.78. The SMILES string of the molecule is CC(C)[C@@H](C)n1cc(-c2ccc(C#N)cc2)c2ccc(NS(C)(=O)=O)cc21. The number of anilines is 1. The first kappa shape index (κ1) is 19.0. The molecule has 0 radical (unpaired) electrons. The van der Waals surface area contributed by atoms with Crippen LogP contribution in [0.5, 0.6) is 0 Å². The van der Waals surface area contributed by atoms with E-state index in [1.54, 1.807) is 6.07 Å². The Morgan fingerprint density at radius 2 is 1.74 bits per heavy atom. The largest absolute Gasteiger partial charge is 0.344 e. The van der Waals surface area contributed by atoms with E-state index in [0.29, 0.717) is 17.2 Å². The lowest BCUT2D eigenvalue weighted by atomic mass is 10.0. The topological polar surface area (TPSA) is 74.9 Å². The molecule has 0 amide bonds. The molecule has 0 spiro atoms. The fraction of sp³-hybridized carbons (Fsp3) is 0.286. The van der Waals surface area contributed by atoms with Crippen molar-refractivity contribution >= 4 is 26.6 Å². The van der Waals surface area contributed by atoms with Crippen molar-refractivity contribution in [3.05, 3.63) is 54.2 Å². The van der Waals surface area contributed by atoms with Crippen LogP contribution in [0.15, 0.2) is 48.7 Å². The highest BCUT2D eigenvalue weighted by Crippen LogP contribution is 2.35. The smallest absolute Gasteiger partial charge is 0.229 e. The molecule has 3 rings (SSSR count). The van der Waals surface area contributed by atoms with Gasteiger partial charge in [-0.2, -0.15) is 5.26 Å². The highest BCUT2D eigenvalue weighted by Gasteiger charge is 2.17. The van der Waals surface area contributed by atoms with E-state index in [9.17, 15) is 8.42 Å². The molecular weight excluding hydrogens is 358 g/mol. The molecule has 0 aliphatic heterocycles. The number of nitrogens with zero attached hydrogens (tertiary/aromatic N) is 2. The van der Waals surface area contributed by atoms with Gasteiger partial charge in [0.15, 0.2) is 0 Å². The third kappa shape index (κ3) is 3.99. The molecule has 140 valence electrons. The van der Waals surface area contributed by atoms with Gasteiger partial charge in [0.25, 0.3) is 0 Å². The third-order valence-electron chi connectivity index (χ3n) is 4.87. The molecule has 1 heterocycles. The predicted molar refractivity (Wildman–Crippen MR) is 110 cm³/mol. The van der Waals surface area contributed by atoms with Crippen LogP contribution in [0.4, 0.5) is 5.69 Å². The summed E-state index contributed by atoms with van der Waals surface area (Å²) in [5, 5.41) is 10.1. The average molecular weight is 382 g/mol. The predicted octanol–water partition coefficient (Wildman–Crippen LogP) is 4.77. The molecule has 1 N–H and O–H groups in total. The van der Waals surface area contributed by atoms with Gasteiger partial charge in [-0.25, -0.2) is 8.42 Å². The van der Waals surface area contributed by atoms with Crippen LogP contribution in [-0.2, 0) is 10.0 Å². The van der Waals surface area contributed by atoms with Crippen molar-refractivity contribution in [2.75, 3.05) is 11.0 Å². The van der Waals surface area contributed by atoms with Crippen molar-refractivity contribution in [2.45, 2.75) is 26.8 Å². The van der Waals surface area contributed by atoms with Crippen molar-refractivity contribution in [3.8, 4) is 17.2 Å². The molecule has 0 saturated carbocycles. The van der Waals surface area contributed by atoms with Crippen LogP contribution in [0, 0.1) is 17.2 Å². The van der Waals surface area contributed by atoms with Gasteiger partial charge in [-0.15, -0.1) is 0 Å². The summed E-state index contributed by atoms with van der Waals surface area (Å²) < 4.78 is 28.0. The number of benzene rings is 2. The Balaban J connectivity index is 2.21. The molecule has 0 fully saturated rings. The summed E-state index contributed by atoms with van der Waals surface area (Å²) in [6.07, 6.45) is 3.26. The van der Waals surface area contributed by atoms with E-state index < -0.39 is 10.0 Å². The lowest BCUT2D eigenvalue weighted by molar-refractivity contribution is 0.419. The van der Waals surface area contributed by atoms with Gasteiger partial charge >= 0.3 is 0 Å². The summed E-state index contributed by atoms with van der Waals surface area (Å²) in [5.74, 6) is 0.418. The van der Waals surface area contributed by atoms with Gasteiger partial charge in [0.2, 0.25) is 10.0 Å². The van der Waals surface area contributed by atoms with Gasteiger partial charge in [0, 0.05) is 23.2 Å². The maximum Gasteiger partial charge on any atom is 0.229 e. The molecule has 3 aromatic rings. The number of nitriles is 1. The molecule has 6 heteroatoms. The van der Waals surface area contributed by atoms with Gasteiger partial charge < -0.3 is 4.57 Å². The first-order valence-electron chi connectivity index (χ1n) is 8.82. The van der Waals surface area contributed by atoms with Gasteiger partial charge in [-0.1, -0.05) is 32.0 Å². The van der Waals surface area contributed by atoms with E-state index in [-0.39, 0.29) is 6.04 Å². The van der Waals surface area contributed by atoms with Crippen LogP contribution in [-0.4, -0.2) is 19.2 Å². The maximum atomic E-state index is 11.6. The Kier molecular flexibility index (Phi) is 4.99. The zero-order chi connectivity index (χ0) is 19.8. The fourth-order valence-corrected chi connectivity index (χ4v) is 3.70. The van der Waals surface area contributed by atoms with Crippen LogP contribution in [0.3, 0.4) is 0 Å². The molecule has 0 unspecified atom stereocenters. The van der Waals surface area contributed by atoms with E-state index in [4.69, 9.17) is 5.26 Å². The Morgan fingerprint density at radius 1 is 1.07 bits per heavy atom. The number of sulfonamides is 1. The quantitative estimate of drug-likeness (QED) is 0.692. The number of fused-ring (bicyclic) bond motifs is 1. The second kappa shape index (κ2) is 7.09. The zero-order valence-corrected chi connectivity index (χ0v) is 16.7. The second-order valence-corrected chi connectivity index (χ2v) is 8.98. The Labute approximate surface area is 160 Å². The molecule has 0 aliphatic carbocycles. The molecule has 0 bridgehead atoms. The lowest BCUT2D eigenvalue weighted by Crippen LogP contribution is -2.11. The number of hydrogen-bond donors (Lipinski definition) is 1. The maximum absolute atomic E-state index is 11.6. The van der Waals surface area contributed by atoms with Crippen LogP contribution in [0.2, 0.25) is 0 Å². The molecule has 5 nitrogen and oxygen atoms in total. The van der Waals surface area contributed by atoms with Gasteiger partial charge in [-0.3, -0.25) is 4.72 Å². The van der Waals surface area contributed by atoms with E-state index in [0.717, 1.165) is 28.3 Å². The fourth-order valence-electron chi connectivity index (χ4n) is 3.14. The monoisotopic (exact) mass is 381 g/mol. The minimum atomic E-state index is -3.34. The van der Waals surface area contributed by atoms with Crippen molar-refractivity contribution in [2.24, 2.45) is 5.92 Å². The lowest BCUT2D eigenvalue weighted by Gasteiger charge is -2.19. The summed E-state index contributed by atoms with van der Waals surface area (Å²) in [6, 6.07) is 15.5. The average Bonchev–Trinajstić information content (AvgIpc) is 2.98. The molecule has 2 aromatic carbocycles. The standard InChI is InChI=1S/C21H23N3O2S/c1-14(2)15(3)24-13-20(17-7-5-16(12-22)6-8-17)19-10-9-18(11-21(19)24)23-27(4,25)26/h5-11,13-15,23H,1-4H3/t15-/m1/s1. The van der Waals surface area contributed by atoms with Gasteiger partial charge in [0.05, 0.1) is 29.1 Å². The summed E-state index contributed by atoms with van der Waals surface area (Å²) in [7, 11) is -3.34. The minimum Gasteiger partial charge on any atom is -0.344 e. The van der Waals surface area contributed by atoms with Crippen molar-refractivity contribution in [1.82, 2.24) is 4.57 Å². The third-order valence-corrected chi connectivity index (χ3v) is 5.47. The molecule has 0 aliphatic rings. The second-order valence-electron chi connectivity index (χ2n) is 7.23. The molecular formula is C21H23N3O2S. The minimum absolute atomic E-state index is 0.244. The summed E-state index contributed by atoms with van der Waals surface area (Å²) >= 11 is 0. The first-order valence-corrected chi connectivity index (χ1v) is 10.7. The molecule has 0 saturated heterocycles. The van der Waals surface area contributed by atoms with Crippen molar-refractivity contribution in [1.29, 1.82) is 5.26 Å². The Morgan fingerprint density at radius 3 is 2.30 bits per heavy atom. The van der Waals surface area contributed by atoms with Gasteiger partial charge in [-0.05, 0) is 42.7 Å². The highest BCUT2D eigenvalue weighted by atomic mass is 32.2. The number of rotatable bonds is 5. The first-order chi connectivity index (χ1) is 12.7. The Bertz CT molecular complexity index is 1120. The number of hydrogen-bond acceptors (Lipinski definition) is 3.